The Hall–Kier alpha value is -2.21. The molecule has 0 saturated heterocycles. The molecule has 5 rings (SSSR count). The first kappa shape index (κ1) is 20.7. The molecule has 2 aromatic carbocycles. The van der Waals surface area contributed by atoms with Gasteiger partial charge in [-0.25, -0.2) is 4.79 Å². The van der Waals surface area contributed by atoms with Gasteiger partial charge in [0.15, 0.2) is 11.5 Å². The Morgan fingerprint density at radius 3 is 2.74 bits per heavy atom. The zero-order valence-corrected chi connectivity index (χ0v) is 18.9. The lowest BCUT2D eigenvalue weighted by molar-refractivity contribution is 0.0218. The minimum Gasteiger partial charge on any atom is -0.493 e. The number of hydrogen-bond acceptors (Lipinski definition) is 5. The summed E-state index contributed by atoms with van der Waals surface area (Å²) in [6.45, 7) is 1.82. The topological polar surface area (TPSA) is 48.0 Å². The van der Waals surface area contributed by atoms with Crippen LogP contribution >= 0.6 is 23.2 Å². The summed E-state index contributed by atoms with van der Waals surface area (Å²) in [4.78, 5) is 15.0. The molecule has 2 heterocycles. The molecular weight excluding hydrogens is 437 g/mol. The van der Waals surface area contributed by atoms with Crippen molar-refractivity contribution in [2.24, 2.45) is 0 Å². The molecule has 3 atom stereocenters. The SMILES string of the molecule is COc1ccc2c3c1OC1C[C@@H](OC(=O)c4cc(Cl)cc(Cl)c4)C=C[C@@]31CCN(C)C2. The molecule has 5 nitrogen and oxygen atoms in total. The third kappa shape index (κ3) is 3.49. The van der Waals surface area contributed by atoms with Gasteiger partial charge in [0.25, 0.3) is 0 Å². The van der Waals surface area contributed by atoms with Crippen LogP contribution in [0.3, 0.4) is 0 Å². The van der Waals surface area contributed by atoms with E-state index in [1.807, 2.05) is 12.1 Å². The largest absolute Gasteiger partial charge is 0.493 e. The molecule has 0 amide bonds. The number of carbonyl (C=O) groups is 1. The Kier molecular flexibility index (Phi) is 5.16. The van der Waals surface area contributed by atoms with Gasteiger partial charge in [0.1, 0.15) is 12.2 Å². The van der Waals surface area contributed by atoms with Gasteiger partial charge >= 0.3 is 5.97 Å². The molecule has 2 aromatic rings. The summed E-state index contributed by atoms with van der Waals surface area (Å²) in [5.74, 6) is 1.11. The Morgan fingerprint density at radius 2 is 2.00 bits per heavy atom. The normalized spacial score (nSPS) is 26.5. The molecule has 7 heteroatoms. The number of hydrogen-bond donors (Lipinski definition) is 0. The Morgan fingerprint density at radius 1 is 1.23 bits per heavy atom. The summed E-state index contributed by atoms with van der Waals surface area (Å²) in [6, 6.07) is 8.81. The summed E-state index contributed by atoms with van der Waals surface area (Å²) in [6.07, 6.45) is 5.14. The van der Waals surface area contributed by atoms with Gasteiger partial charge in [-0.1, -0.05) is 35.3 Å². The van der Waals surface area contributed by atoms with Gasteiger partial charge in [-0.2, -0.15) is 0 Å². The van der Waals surface area contributed by atoms with Crippen LogP contribution in [0.4, 0.5) is 0 Å². The van der Waals surface area contributed by atoms with E-state index in [0.717, 1.165) is 31.0 Å². The van der Waals surface area contributed by atoms with E-state index in [1.54, 1.807) is 25.3 Å². The fourth-order valence-corrected chi connectivity index (χ4v) is 5.56. The summed E-state index contributed by atoms with van der Waals surface area (Å²) < 4.78 is 17.8. The van der Waals surface area contributed by atoms with Crippen molar-refractivity contribution in [3.8, 4) is 11.5 Å². The smallest absolute Gasteiger partial charge is 0.338 e. The van der Waals surface area contributed by atoms with E-state index in [-0.39, 0.29) is 11.5 Å². The number of carbonyl (C=O) groups excluding carboxylic acids is 1. The van der Waals surface area contributed by atoms with Gasteiger partial charge in [0.05, 0.1) is 18.1 Å². The van der Waals surface area contributed by atoms with E-state index in [4.69, 9.17) is 37.4 Å². The van der Waals surface area contributed by atoms with Crippen LogP contribution < -0.4 is 9.47 Å². The van der Waals surface area contributed by atoms with Gasteiger partial charge in [0.2, 0.25) is 0 Å². The maximum Gasteiger partial charge on any atom is 0.338 e. The van der Waals surface area contributed by atoms with Crippen LogP contribution in [0.5, 0.6) is 11.5 Å². The maximum absolute atomic E-state index is 12.7. The number of methoxy groups -OCH3 is 1. The predicted octanol–water partition coefficient (Wildman–Crippen LogP) is 5.02. The average molecular weight is 460 g/mol. The van der Waals surface area contributed by atoms with Gasteiger partial charge in [0, 0.05) is 28.6 Å². The van der Waals surface area contributed by atoms with Gasteiger partial charge < -0.3 is 19.1 Å². The fourth-order valence-electron chi connectivity index (χ4n) is 5.03. The summed E-state index contributed by atoms with van der Waals surface area (Å²) >= 11 is 12.1. The predicted molar refractivity (Wildman–Crippen MR) is 119 cm³/mol. The molecule has 0 saturated carbocycles. The molecule has 1 unspecified atom stereocenters. The molecular formula is C24H23Cl2NO4. The fraction of sp³-hybridized carbons (Fsp3) is 0.375. The van der Waals surface area contributed by atoms with E-state index in [9.17, 15) is 4.79 Å². The van der Waals surface area contributed by atoms with Crippen molar-refractivity contribution in [1.82, 2.24) is 4.90 Å². The van der Waals surface area contributed by atoms with E-state index in [2.05, 4.69) is 24.1 Å². The van der Waals surface area contributed by atoms with Gasteiger partial charge in [-0.3, -0.25) is 0 Å². The van der Waals surface area contributed by atoms with E-state index >= 15 is 0 Å². The van der Waals surface area contributed by atoms with Crippen molar-refractivity contribution in [1.29, 1.82) is 0 Å². The van der Waals surface area contributed by atoms with Crippen molar-refractivity contribution in [3.05, 3.63) is 69.2 Å². The molecule has 0 radical (unpaired) electrons. The number of benzene rings is 2. The summed E-state index contributed by atoms with van der Waals surface area (Å²) in [5.41, 5.74) is 2.56. The lowest BCUT2D eigenvalue weighted by atomic mass is 9.69. The molecule has 0 fully saturated rings. The van der Waals surface area contributed by atoms with Crippen molar-refractivity contribution in [3.63, 3.8) is 0 Å². The molecule has 0 aromatic heterocycles. The van der Waals surface area contributed by atoms with Crippen LogP contribution in [0, 0.1) is 0 Å². The quantitative estimate of drug-likeness (QED) is 0.476. The molecule has 1 spiro atoms. The lowest BCUT2D eigenvalue weighted by Gasteiger charge is -2.36. The number of halogens is 2. The number of nitrogens with zero attached hydrogens (tertiary/aromatic N) is 1. The molecule has 3 aliphatic rings. The Balaban J connectivity index is 1.46. The molecule has 31 heavy (non-hydrogen) atoms. The van der Waals surface area contributed by atoms with Crippen LogP contribution in [0.15, 0.2) is 42.5 Å². The van der Waals surface area contributed by atoms with Crippen molar-refractivity contribution in [2.45, 2.75) is 37.0 Å². The minimum absolute atomic E-state index is 0.130. The van der Waals surface area contributed by atoms with E-state index in [1.165, 1.54) is 11.1 Å². The summed E-state index contributed by atoms with van der Waals surface area (Å²) in [5, 5.41) is 0.795. The first-order valence-electron chi connectivity index (χ1n) is 10.3. The standard InChI is InChI=1S/C24H23Cl2NO4/c1-27-8-7-24-6-5-18(30-23(28)15-9-16(25)11-17(26)10-15)12-20(24)31-22-19(29-2)4-3-14(13-27)21(22)24/h3-6,9-11,18,20H,7-8,12-13H2,1-2H3/t18-,20?,24-/m0/s1. The summed E-state index contributed by atoms with van der Waals surface area (Å²) in [7, 11) is 3.80. The maximum atomic E-state index is 12.7. The third-order valence-electron chi connectivity index (χ3n) is 6.49. The second kappa shape index (κ2) is 7.73. The Bertz CT molecular complexity index is 1070. The number of esters is 1. The van der Waals surface area contributed by atoms with E-state index in [0.29, 0.717) is 22.0 Å². The molecule has 0 N–H and O–H groups in total. The van der Waals surface area contributed by atoms with Crippen LogP contribution in [-0.4, -0.2) is 43.8 Å². The zero-order valence-electron chi connectivity index (χ0n) is 17.4. The highest BCUT2D eigenvalue weighted by atomic mass is 35.5. The third-order valence-corrected chi connectivity index (χ3v) is 6.92. The van der Waals surface area contributed by atoms with Crippen molar-refractivity contribution in [2.75, 3.05) is 20.7 Å². The second-order valence-corrected chi connectivity index (χ2v) is 9.34. The highest BCUT2D eigenvalue weighted by molar-refractivity contribution is 6.35. The first-order chi connectivity index (χ1) is 14.9. The zero-order chi connectivity index (χ0) is 21.8. The number of ether oxygens (including phenoxy) is 3. The van der Waals surface area contributed by atoms with Crippen LogP contribution in [0.2, 0.25) is 10.0 Å². The molecule has 2 aliphatic heterocycles. The average Bonchev–Trinajstić information content (AvgIpc) is 2.99. The van der Waals surface area contributed by atoms with Crippen molar-refractivity contribution >= 4 is 29.2 Å². The Labute approximate surface area is 191 Å². The van der Waals surface area contributed by atoms with Crippen LogP contribution in [0.25, 0.3) is 0 Å². The molecule has 1 aliphatic carbocycles. The minimum atomic E-state index is -0.454. The lowest BCUT2D eigenvalue weighted by Crippen LogP contribution is -2.43. The van der Waals surface area contributed by atoms with Crippen LogP contribution in [-0.2, 0) is 16.7 Å². The molecule has 162 valence electrons. The molecule has 0 bridgehead atoms. The van der Waals surface area contributed by atoms with Crippen LogP contribution in [0.1, 0.15) is 34.3 Å². The number of rotatable bonds is 3. The second-order valence-electron chi connectivity index (χ2n) is 8.46. The van der Waals surface area contributed by atoms with Crippen molar-refractivity contribution < 1.29 is 19.0 Å². The monoisotopic (exact) mass is 459 g/mol. The highest BCUT2D eigenvalue weighted by Crippen LogP contribution is 2.55. The first-order valence-corrected chi connectivity index (χ1v) is 11.1. The highest BCUT2D eigenvalue weighted by Gasteiger charge is 2.53. The van der Waals surface area contributed by atoms with Gasteiger partial charge in [-0.05, 0) is 55.9 Å². The van der Waals surface area contributed by atoms with Gasteiger partial charge in [-0.15, -0.1) is 0 Å². The van der Waals surface area contributed by atoms with E-state index < -0.39 is 12.1 Å².